The molecule has 53 heavy (non-hydrogen) atoms. The van der Waals surface area contributed by atoms with Crippen molar-refractivity contribution < 1.29 is 69.3 Å². The average Bonchev–Trinajstić information content (AvgIpc) is 3.59. The minimum absolute atomic E-state index is 0.0203. The molecule has 0 aromatic heterocycles. The fraction of sp³-hybridized carbons (Fsp3) is 1.00. The van der Waals surface area contributed by atoms with Crippen LogP contribution < -0.4 is 0 Å². The first kappa shape index (κ1) is 38.0. The van der Waals surface area contributed by atoms with E-state index in [-0.39, 0.29) is 52.1 Å². The van der Waals surface area contributed by atoms with Gasteiger partial charge in [-0.25, -0.2) is 0 Å². The van der Waals surface area contributed by atoms with E-state index in [9.17, 15) is 40.9 Å². The highest BCUT2D eigenvalue weighted by Gasteiger charge is 2.81. The van der Waals surface area contributed by atoms with Crippen LogP contribution in [0.25, 0.3) is 0 Å². The molecule has 0 aromatic carbocycles. The lowest BCUT2D eigenvalue weighted by atomic mass is 9.44. The maximum Gasteiger partial charge on any atom is 0.186 e. The van der Waals surface area contributed by atoms with Crippen molar-refractivity contribution in [3.63, 3.8) is 0 Å². The van der Waals surface area contributed by atoms with E-state index in [4.69, 9.17) is 28.4 Å². The van der Waals surface area contributed by atoms with Gasteiger partial charge in [0.05, 0.1) is 43.7 Å². The number of hydrogen-bond donors (Lipinski definition) is 8. The molecule has 9 aliphatic rings. The van der Waals surface area contributed by atoms with Crippen molar-refractivity contribution in [2.45, 2.75) is 171 Å². The minimum atomic E-state index is -1.52. The van der Waals surface area contributed by atoms with Gasteiger partial charge in [-0.15, -0.1) is 0 Å². The SMILES string of the molecule is CC1COC2(CC1OC1OC(CO)C(O)C(O)C1O)OC1CC3C4CC(O)C56CC5CC(OC5OC(C)C(O)C(O)C5O)C6(C)C4CCC3(C)C1C2C. The Hall–Kier alpha value is -0.560. The van der Waals surface area contributed by atoms with Gasteiger partial charge in [-0.1, -0.05) is 27.7 Å². The average molecular weight is 755 g/mol. The quantitative estimate of drug-likeness (QED) is 0.186. The van der Waals surface area contributed by atoms with Crippen LogP contribution in [0.5, 0.6) is 0 Å². The number of hydrogen-bond acceptors (Lipinski definition) is 14. The predicted octanol–water partition coefficient (Wildman–Crippen LogP) is 0.0213. The molecule has 9 fully saturated rings. The molecule has 5 aliphatic carbocycles. The fourth-order valence-corrected chi connectivity index (χ4v) is 14.3. The largest absolute Gasteiger partial charge is 0.394 e. The predicted molar refractivity (Wildman–Crippen MR) is 182 cm³/mol. The molecule has 4 saturated heterocycles. The van der Waals surface area contributed by atoms with Crippen molar-refractivity contribution in [3.05, 3.63) is 0 Å². The molecule has 5 saturated carbocycles. The zero-order valence-corrected chi connectivity index (χ0v) is 31.5. The molecule has 0 amide bonds. The van der Waals surface area contributed by atoms with Gasteiger partial charge >= 0.3 is 0 Å². The number of fused-ring (bicyclic) bond motifs is 6. The van der Waals surface area contributed by atoms with Crippen molar-refractivity contribution >= 4 is 0 Å². The fourth-order valence-electron chi connectivity index (χ4n) is 14.3. The topological polar surface area (TPSA) is 217 Å². The molecule has 4 aliphatic heterocycles. The third-order valence-corrected chi connectivity index (χ3v) is 17.3. The van der Waals surface area contributed by atoms with Crippen LogP contribution in [0.4, 0.5) is 0 Å². The van der Waals surface area contributed by atoms with Gasteiger partial charge in [0.25, 0.3) is 0 Å². The van der Waals surface area contributed by atoms with Gasteiger partial charge in [0.1, 0.15) is 42.7 Å². The summed E-state index contributed by atoms with van der Waals surface area (Å²) >= 11 is 0. The minimum Gasteiger partial charge on any atom is -0.394 e. The number of ether oxygens (including phenoxy) is 6. The second-order valence-electron chi connectivity index (χ2n) is 19.3. The molecule has 2 spiro atoms. The molecule has 0 bridgehead atoms. The Morgan fingerprint density at radius 3 is 2.17 bits per heavy atom. The first-order chi connectivity index (χ1) is 25.0. The van der Waals surface area contributed by atoms with Crippen LogP contribution in [0, 0.1) is 57.7 Å². The lowest BCUT2D eigenvalue weighted by molar-refractivity contribution is -0.344. The second-order valence-corrected chi connectivity index (χ2v) is 19.3. The van der Waals surface area contributed by atoms with Gasteiger partial charge < -0.3 is 69.3 Å². The summed E-state index contributed by atoms with van der Waals surface area (Å²) in [7, 11) is 0. The van der Waals surface area contributed by atoms with Crippen LogP contribution in [0.1, 0.15) is 79.6 Å². The van der Waals surface area contributed by atoms with E-state index in [2.05, 4.69) is 20.8 Å². The lowest BCUT2D eigenvalue weighted by Gasteiger charge is -2.62. The highest BCUT2D eigenvalue weighted by atomic mass is 16.7. The van der Waals surface area contributed by atoms with E-state index >= 15 is 0 Å². The molecule has 14 nitrogen and oxygen atoms in total. The Kier molecular flexibility index (Phi) is 9.12. The highest BCUT2D eigenvalue weighted by Crippen LogP contribution is 2.82. The molecule has 25 unspecified atom stereocenters. The van der Waals surface area contributed by atoms with Gasteiger partial charge in [0, 0.05) is 29.1 Å². The molecular weight excluding hydrogens is 692 g/mol. The van der Waals surface area contributed by atoms with E-state index in [1.165, 1.54) is 0 Å². The molecule has 14 heteroatoms. The molecule has 0 radical (unpaired) electrons. The monoisotopic (exact) mass is 754 g/mol. The van der Waals surface area contributed by atoms with Crippen molar-refractivity contribution in [3.8, 4) is 0 Å². The van der Waals surface area contributed by atoms with Crippen LogP contribution in [-0.4, -0.2) is 146 Å². The summed E-state index contributed by atoms with van der Waals surface area (Å²) in [5, 5.41) is 84.9. The number of rotatable bonds is 5. The number of aliphatic hydroxyl groups excluding tert-OH is 8. The molecule has 0 aromatic rings. The number of aliphatic hydroxyl groups is 8. The van der Waals surface area contributed by atoms with E-state index in [0.717, 1.165) is 38.5 Å². The van der Waals surface area contributed by atoms with Crippen LogP contribution >= 0.6 is 0 Å². The molecule has 25 atom stereocenters. The molecule has 4 heterocycles. The van der Waals surface area contributed by atoms with Crippen molar-refractivity contribution in [1.29, 1.82) is 0 Å². The Bertz CT molecular complexity index is 1400. The van der Waals surface area contributed by atoms with E-state index < -0.39 is 86.0 Å². The van der Waals surface area contributed by atoms with Gasteiger partial charge in [0.15, 0.2) is 18.4 Å². The summed E-state index contributed by atoms with van der Waals surface area (Å²) in [6.07, 6.45) is -7.93. The summed E-state index contributed by atoms with van der Waals surface area (Å²) in [4.78, 5) is 0. The smallest absolute Gasteiger partial charge is 0.186 e. The first-order valence-corrected chi connectivity index (χ1v) is 20.3. The summed E-state index contributed by atoms with van der Waals surface area (Å²) in [6, 6.07) is 0. The van der Waals surface area contributed by atoms with Crippen molar-refractivity contribution in [1.82, 2.24) is 0 Å². The summed E-state index contributed by atoms with van der Waals surface area (Å²) in [5.41, 5.74) is -0.649. The molecule has 302 valence electrons. The van der Waals surface area contributed by atoms with Crippen LogP contribution in [0.3, 0.4) is 0 Å². The Morgan fingerprint density at radius 2 is 1.45 bits per heavy atom. The van der Waals surface area contributed by atoms with E-state index in [1.54, 1.807) is 6.92 Å². The van der Waals surface area contributed by atoms with Crippen LogP contribution in [0.2, 0.25) is 0 Å². The first-order valence-electron chi connectivity index (χ1n) is 20.3. The normalized spacial score (nSPS) is 64.1. The van der Waals surface area contributed by atoms with Crippen molar-refractivity contribution in [2.75, 3.05) is 13.2 Å². The van der Waals surface area contributed by atoms with Crippen LogP contribution in [0.15, 0.2) is 0 Å². The maximum atomic E-state index is 12.1. The van der Waals surface area contributed by atoms with Gasteiger partial charge in [-0.2, -0.15) is 0 Å². The van der Waals surface area contributed by atoms with Gasteiger partial charge in [-0.05, 0) is 80.5 Å². The van der Waals surface area contributed by atoms with E-state index in [1.807, 2.05) is 6.92 Å². The summed E-state index contributed by atoms with van der Waals surface area (Å²) in [5.74, 6) is 0.453. The zero-order valence-electron chi connectivity index (χ0n) is 31.5. The lowest BCUT2D eigenvalue weighted by Crippen LogP contribution is -2.62. The molecule has 9 rings (SSSR count). The maximum absolute atomic E-state index is 12.1. The van der Waals surface area contributed by atoms with Gasteiger partial charge in [0.2, 0.25) is 0 Å². The Morgan fingerprint density at radius 1 is 0.755 bits per heavy atom. The Balaban J connectivity index is 0.933. The third-order valence-electron chi connectivity index (χ3n) is 17.3. The Labute approximate surface area is 311 Å². The third kappa shape index (κ3) is 5.07. The molecule has 8 N–H and O–H groups in total. The second kappa shape index (κ2) is 12.7. The summed E-state index contributed by atoms with van der Waals surface area (Å²) < 4.78 is 38.3. The van der Waals surface area contributed by atoms with E-state index in [0.29, 0.717) is 30.8 Å². The molecular formula is C39H62O14. The highest BCUT2D eigenvalue weighted by molar-refractivity contribution is 5.29. The van der Waals surface area contributed by atoms with Crippen molar-refractivity contribution in [2.24, 2.45) is 57.7 Å². The summed E-state index contributed by atoms with van der Waals surface area (Å²) in [6.45, 7) is 10.4. The standard InChI is InChI=1S/C39H62O14/c1-15-14-48-39(12-23(15)50-35-33(47)31(45)29(43)24(13-40)51-35)16(2)27-22(53-39)10-21-19-9-25(41)38-11-18(38)8-26(37(38,5)20(19)6-7-36(21,27)4)52-34-32(46)30(44)28(42)17(3)49-34/h15-35,40-47H,6-14H2,1-5H3. The zero-order chi connectivity index (χ0) is 37.7. The van der Waals surface area contributed by atoms with Crippen LogP contribution in [-0.2, 0) is 28.4 Å². The van der Waals surface area contributed by atoms with Gasteiger partial charge in [-0.3, -0.25) is 0 Å².